The average Bonchev–Trinajstić information content (AvgIpc) is 2.35. The van der Waals surface area contributed by atoms with Crippen LogP contribution in [0.4, 0.5) is 0 Å². The van der Waals surface area contributed by atoms with Gasteiger partial charge < -0.3 is 0 Å². The van der Waals surface area contributed by atoms with Crippen LogP contribution >= 0.6 is 0 Å². The van der Waals surface area contributed by atoms with Gasteiger partial charge in [0.05, 0.1) is 0 Å². The Morgan fingerprint density at radius 1 is 0.667 bits per heavy atom. The monoisotopic (exact) mass is 236 g/mol. The van der Waals surface area contributed by atoms with Crippen LogP contribution in [0.1, 0.15) is 40.5 Å². The maximum atomic E-state index is 3.31. The molecule has 0 aliphatic heterocycles. The maximum Gasteiger partial charge on any atom is 0.00327 e. The highest BCUT2D eigenvalue weighted by Crippen LogP contribution is 2.24. The van der Waals surface area contributed by atoms with E-state index in [9.17, 15) is 0 Å². The van der Waals surface area contributed by atoms with E-state index in [4.69, 9.17) is 0 Å². The molecule has 0 spiro atoms. The lowest BCUT2D eigenvalue weighted by Gasteiger charge is -2.12. The zero-order valence-corrected chi connectivity index (χ0v) is 11.7. The van der Waals surface area contributed by atoms with Crippen molar-refractivity contribution in [2.45, 2.75) is 40.5 Å². The molecule has 92 valence electrons. The highest BCUT2D eigenvalue weighted by Gasteiger charge is 2.07. The van der Waals surface area contributed by atoms with Crippen molar-refractivity contribution in [1.82, 2.24) is 0 Å². The zero-order chi connectivity index (χ0) is 13.1. The van der Waals surface area contributed by atoms with E-state index in [-0.39, 0.29) is 0 Å². The minimum atomic E-state index is 0.973. The third-order valence-electron chi connectivity index (χ3n) is 3.67. The van der Waals surface area contributed by atoms with Crippen LogP contribution < -0.4 is 0 Å². The van der Waals surface area contributed by atoms with Crippen molar-refractivity contribution in [3.63, 3.8) is 0 Å². The Morgan fingerprint density at radius 3 is 1.39 bits per heavy atom. The van der Waals surface area contributed by atoms with Gasteiger partial charge in [-0.2, -0.15) is 0 Å². The fourth-order valence-corrected chi connectivity index (χ4v) is 2.05. The van der Waals surface area contributed by atoms with Gasteiger partial charge in [-0.1, -0.05) is 34.1 Å². The first kappa shape index (κ1) is 13.0. The van der Waals surface area contributed by atoms with Crippen LogP contribution in [0.5, 0.6) is 0 Å². The van der Waals surface area contributed by atoms with Gasteiger partial charge in [-0.25, -0.2) is 0 Å². The van der Waals surface area contributed by atoms with Crippen molar-refractivity contribution in [3.8, 4) is 11.8 Å². The van der Waals surface area contributed by atoms with Gasteiger partial charge in [-0.05, 0) is 65.5 Å². The minimum absolute atomic E-state index is 0.973. The minimum Gasteiger partial charge on any atom is -0.0664 e. The van der Waals surface area contributed by atoms with Crippen molar-refractivity contribution >= 4 is 0 Å². The lowest BCUT2D eigenvalue weighted by Crippen LogP contribution is -1.96. The van der Waals surface area contributed by atoms with Gasteiger partial charge in [0.25, 0.3) is 0 Å². The Hall–Kier alpha value is -1.48. The molecule has 0 heteroatoms. The van der Waals surface area contributed by atoms with Crippen molar-refractivity contribution < 1.29 is 0 Å². The summed E-state index contributed by atoms with van der Waals surface area (Å²) in [5.41, 5.74) is 7.87. The molecule has 2 radical (unpaired) electrons. The molecular weight excluding hydrogens is 216 g/mol. The van der Waals surface area contributed by atoms with Gasteiger partial charge >= 0.3 is 0 Å². The molecule has 0 aromatic rings. The predicted molar refractivity (Wildman–Crippen MR) is 78.5 cm³/mol. The Kier molecular flexibility index (Phi) is 3.92. The third kappa shape index (κ3) is 3.05. The molecular formula is C18H20. The second kappa shape index (κ2) is 5.44. The van der Waals surface area contributed by atoms with E-state index < -0.39 is 0 Å². The van der Waals surface area contributed by atoms with Crippen LogP contribution in [-0.4, -0.2) is 0 Å². The molecule has 0 aromatic carbocycles. The summed E-state index contributed by atoms with van der Waals surface area (Å²) in [6, 6.07) is 0. The zero-order valence-electron chi connectivity index (χ0n) is 11.7. The molecule has 0 amide bonds. The Bertz CT molecular complexity index is 488. The fraction of sp³-hybridized carbons (Fsp3) is 0.333. The lowest BCUT2D eigenvalue weighted by atomic mass is 9.92. The summed E-state index contributed by atoms with van der Waals surface area (Å²) in [5, 5.41) is 0. The van der Waals surface area contributed by atoms with E-state index >= 15 is 0 Å². The summed E-state index contributed by atoms with van der Waals surface area (Å²) < 4.78 is 0. The van der Waals surface area contributed by atoms with Crippen LogP contribution in [0.15, 0.2) is 45.6 Å². The summed E-state index contributed by atoms with van der Waals surface area (Å²) in [4.78, 5) is 0. The van der Waals surface area contributed by atoms with Crippen LogP contribution in [-0.2, 0) is 0 Å². The number of rotatable bonds is 0. The summed E-state index contributed by atoms with van der Waals surface area (Å²) in [7, 11) is 0. The van der Waals surface area contributed by atoms with Crippen LogP contribution in [0.25, 0.3) is 0 Å². The second-order valence-electron chi connectivity index (χ2n) is 5.14. The summed E-state index contributed by atoms with van der Waals surface area (Å²) in [6.07, 6.45) is 10.9. The smallest absolute Gasteiger partial charge is 0.00327 e. The first-order chi connectivity index (χ1) is 8.56. The SMILES string of the molecule is CC1=C(C)C=C(C#CC2=CC(C)=C(C)[CH]C2)C[CH]1. The van der Waals surface area contributed by atoms with Crippen molar-refractivity contribution in [2.75, 3.05) is 0 Å². The first-order valence-corrected chi connectivity index (χ1v) is 6.51. The standard InChI is InChI=1S/C18H20/c1-13-5-7-17(11-15(13)3)9-10-18-8-6-14(2)16(4)12-18/h5-6,11-12H,7-8H2,1-4H3. The molecule has 18 heavy (non-hydrogen) atoms. The van der Waals surface area contributed by atoms with Crippen LogP contribution in [0, 0.1) is 24.7 Å². The normalized spacial score (nSPS) is 20.2. The molecule has 0 N–H and O–H groups in total. The quantitative estimate of drug-likeness (QED) is 0.533. The molecule has 2 rings (SSSR count). The third-order valence-corrected chi connectivity index (χ3v) is 3.67. The van der Waals surface area contributed by atoms with Crippen LogP contribution in [0.3, 0.4) is 0 Å². The van der Waals surface area contributed by atoms with Gasteiger partial charge in [-0.15, -0.1) is 0 Å². The Labute approximate surface area is 111 Å². The molecule has 0 nitrogen and oxygen atoms in total. The maximum absolute atomic E-state index is 3.31. The molecule has 0 saturated heterocycles. The molecule has 2 aliphatic carbocycles. The number of hydrogen-bond acceptors (Lipinski definition) is 0. The van der Waals surface area contributed by atoms with Crippen molar-refractivity contribution in [3.05, 3.63) is 58.4 Å². The van der Waals surface area contributed by atoms with E-state index in [0.29, 0.717) is 0 Å². The number of allylic oxidation sites excluding steroid dienone is 8. The van der Waals surface area contributed by atoms with Gasteiger partial charge in [0.2, 0.25) is 0 Å². The Balaban J connectivity index is 2.15. The summed E-state index contributed by atoms with van der Waals surface area (Å²) >= 11 is 0. The molecule has 0 atom stereocenters. The van der Waals surface area contributed by atoms with Crippen LogP contribution in [0.2, 0.25) is 0 Å². The van der Waals surface area contributed by atoms with Gasteiger partial charge in [0.15, 0.2) is 0 Å². The van der Waals surface area contributed by atoms with Gasteiger partial charge in [-0.3, -0.25) is 0 Å². The van der Waals surface area contributed by atoms with E-state index in [1.54, 1.807) is 0 Å². The molecule has 0 aromatic heterocycles. The highest BCUT2D eigenvalue weighted by atomic mass is 14.1. The topological polar surface area (TPSA) is 0 Å². The average molecular weight is 236 g/mol. The van der Waals surface area contributed by atoms with Crippen molar-refractivity contribution in [2.24, 2.45) is 0 Å². The van der Waals surface area contributed by atoms with E-state index in [1.807, 2.05) is 0 Å². The highest BCUT2D eigenvalue weighted by molar-refractivity contribution is 5.50. The fourth-order valence-electron chi connectivity index (χ4n) is 2.05. The van der Waals surface area contributed by atoms with Crippen molar-refractivity contribution in [1.29, 1.82) is 0 Å². The first-order valence-electron chi connectivity index (χ1n) is 6.51. The van der Waals surface area contributed by atoms with E-state index in [2.05, 4.69) is 64.5 Å². The predicted octanol–water partition coefficient (Wildman–Crippen LogP) is 4.73. The lowest BCUT2D eigenvalue weighted by molar-refractivity contribution is 1.09. The van der Waals surface area contributed by atoms with Gasteiger partial charge in [0.1, 0.15) is 0 Å². The number of hydrogen-bond donors (Lipinski definition) is 0. The Morgan fingerprint density at radius 2 is 1.06 bits per heavy atom. The molecule has 0 saturated carbocycles. The van der Waals surface area contributed by atoms with E-state index in [1.165, 1.54) is 33.4 Å². The molecule has 0 fully saturated rings. The van der Waals surface area contributed by atoms with E-state index in [0.717, 1.165) is 12.8 Å². The summed E-state index contributed by atoms with van der Waals surface area (Å²) in [5.74, 6) is 6.62. The molecule has 2 aliphatic rings. The second-order valence-corrected chi connectivity index (χ2v) is 5.14. The summed E-state index contributed by atoms with van der Waals surface area (Å²) in [6.45, 7) is 8.62. The molecule has 0 unspecified atom stereocenters. The molecule has 0 bridgehead atoms. The molecule has 0 heterocycles. The van der Waals surface area contributed by atoms with Gasteiger partial charge in [0, 0.05) is 11.1 Å². The largest absolute Gasteiger partial charge is 0.0664 e.